The lowest BCUT2D eigenvalue weighted by Crippen LogP contribution is -2.24. The van der Waals surface area contributed by atoms with Gasteiger partial charge in [0, 0.05) is 12.4 Å². The zero-order chi connectivity index (χ0) is 9.03. The van der Waals surface area contributed by atoms with Gasteiger partial charge in [0.25, 0.3) is 15.2 Å². The van der Waals surface area contributed by atoms with Crippen molar-refractivity contribution in [3.63, 3.8) is 0 Å². The smallest absolute Gasteiger partial charge is 0.290 e. The second-order valence-electron chi connectivity index (χ2n) is 1.82. The fourth-order valence-electron chi connectivity index (χ4n) is 0.571. The molecule has 0 aliphatic carbocycles. The summed E-state index contributed by atoms with van der Waals surface area (Å²) in [5.41, 5.74) is 0. The number of aromatic nitrogens is 2. The monoisotopic (exact) mass is 189 g/mol. The zero-order valence-corrected chi connectivity index (χ0v) is 7.08. The first-order valence-corrected chi connectivity index (χ1v) is 4.47. The average Bonchev–Trinajstić information content (AvgIpc) is 2.06. The van der Waals surface area contributed by atoms with Gasteiger partial charge in [-0.25, -0.2) is 18.4 Å². The second-order valence-corrected chi connectivity index (χ2v) is 3.36. The first-order valence-electron chi connectivity index (χ1n) is 2.98. The largest absolute Gasteiger partial charge is 0.298 e. The SMILES string of the molecule is CONS(=O)(=O)c1ncccn1. The van der Waals surface area contributed by atoms with Gasteiger partial charge < -0.3 is 0 Å². The summed E-state index contributed by atoms with van der Waals surface area (Å²) in [6.45, 7) is 0. The highest BCUT2D eigenvalue weighted by Gasteiger charge is 2.15. The summed E-state index contributed by atoms with van der Waals surface area (Å²) in [4.78, 5) is 13.1. The van der Waals surface area contributed by atoms with Crippen molar-refractivity contribution in [1.82, 2.24) is 14.9 Å². The quantitative estimate of drug-likeness (QED) is 0.503. The van der Waals surface area contributed by atoms with Crippen molar-refractivity contribution < 1.29 is 13.3 Å². The van der Waals surface area contributed by atoms with Gasteiger partial charge in [0.2, 0.25) is 0 Å². The molecule has 1 aromatic heterocycles. The summed E-state index contributed by atoms with van der Waals surface area (Å²) in [6, 6.07) is 1.52. The van der Waals surface area contributed by atoms with Gasteiger partial charge in [-0.2, -0.15) is 0 Å². The van der Waals surface area contributed by atoms with Crippen LogP contribution in [0.25, 0.3) is 0 Å². The molecule has 0 spiro atoms. The Morgan fingerprint density at radius 1 is 1.42 bits per heavy atom. The molecule has 1 rings (SSSR count). The highest BCUT2D eigenvalue weighted by Crippen LogP contribution is 1.97. The van der Waals surface area contributed by atoms with Crippen LogP contribution in [0.4, 0.5) is 0 Å². The van der Waals surface area contributed by atoms with Crippen LogP contribution in [0.1, 0.15) is 0 Å². The Morgan fingerprint density at radius 2 is 2.00 bits per heavy atom. The number of nitrogens with one attached hydrogen (secondary N) is 1. The molecule has 1 N–H and O–H groups in total. The Hall–Kier alpha value is -1.05. The molecule has 66 valence electrons. The number of hydrogen-bond donors (Lipinski definition) is 1. The van der Waals surface area contributed by atoms with E-state index in [2.05, 4.69) is 14.8 Å². The fraction of sp³-hybridized carbons (Fsp3) is 0.200. The van der Waals surface area contributed by atoms with Gasteiger partial charge in [0.1, 0.15) is 0 Å². The molecule has 1 aromatic rings. The van der Waals surface area contributed by atoms with E-state index in [1.54, 1.807) is 4.89 Å². The van der Waals surface area contributed by atoms with Crippen molar-refractivity contribution >= 4 is 10.0 Å². The second kappa shape index (κ2) is 3.57. The molecule has 0 saturated heterocycles. The fourth-order valence-corrected chi connectivity index (χ4v) is 1.26. The minimum atomic E-state index is -3.70. The average molecular weight is 189 g/mol. The van der Waals surface area contributed by atoms with Gasteiger partial charge in [0.05, 0.1) is 7.11 Å². The predicted octanol–water partition coefficient (Wildman–Crippen LogP) is -0.684. The zero-order valence-electron chi connectivity index (χ0n) is 6.26. The van der Waals surface area contributed by atoms with Crippen LogP contribution in [0.5, 0.6) is 0 Å². The molecule has 1 heterocycles. The molecule has 0 unspecified atom stereocenters. The maximum Gasteiger partial charge on any atom is 0.298 e. The van der Waals surface area contributed by atoms with Gasteiger partial charge in [-0.1, -0.05) is 4.89 Å². The minimum Gasteiger partial charge on any atom is -0.290 e. The Balaban J connectivity index is 2.99. The third-order valence-electron chi connectivity index (χ3n) is 0.975. The maximum atomic E-state index is 11.1. The Labute approximate surface area is 69.6 Å². The summed E-state index contributed by atoms with van der Waals surface area (Å²) < 4.78 is 22.1. The minimum absolute atomic E-state index is 0.313. The maximum absolute atomic E-state index is 11.1. The van der Waals surface area contributed by atoms with Crippen molar-refractivity contribution in [3.05, 3.63) is 18.5 Å². The van der Waals surface area contributed by atoms with E-state index in [-0.39, 0.29) is 5.16 Å². The number of nitrogens with zero attached hydrogens (tertiary/aromatic N) is 2. The van der Waals surface area contributed by atoms with Gasteiger partial charge in [-0.3, -0.25) is 4.84 Å². The van der Waals surface area contributed by atoms with Crippen LogP contribution >= 0.6 is 0 Å². The first kappa shape index (κ1) is 9.04. The normalized spacial score (nSPS) is 11.4. The van der Waals surface area contributed by atoms with Crippen molar-refractivity contribution in [2.75, 3.05) is 7.11 Å². The predicted molar refractivity (Wildman–Crippen MR) is 39.4 cm³/mol. The van der Waals surface area contributed by atoms with E-state index in [1.807, 2.05) is 0 Å². The first-order chi connectivity index (χ1) is 5.67. The van der Waals surface area contributed by atoms with Crippen LogP contribution < -0.4 is 4.89 Å². The third kappa shape index (κ3) is 1.97. The summed E-state index contributed by atoms with van der Waals surface area (Å²) in [7, 11) is -2.51. The van der Waals surface area contributed by atoms with Gasteiger partial charge in [0.15, 0.2) is 0 Å². The van der Waals surface area contributed by atoms with Crippen molar-refractivity contribution in [2.45, 2.75) is 5.16 Å². The van der Waals surface area contributed by atoms with Crippen molar-refractivity contribution in [2.24, 2.45) is 0 Å². The van der Waals surface area contributed by atoms with Gasteiger partial charge >= 0.3 is 0 Å². The molecule has 0 aliphatic rings. The Bertz CT molecular complexity index is 336. The van der Waals surface area contributed by atoms with Crippen LogP contribution in [-0.2, 0) is 14.9 Å². The molecule has 0 radical (unpaired) electrons. The van der Waals surface area contributed by atoms with E-state index in [1.165, 1.54) is 25.6 Å². The van der Waals surface area contributed by atoms with Crippen LogP contribution in [0.15, 0.2) is 23.6 Å². The van der Waals surface area contributed by atoms with E-state index >= 15 is 0 Å². The van der Waals surface area contributed by atoms with E-state index in [4.69, 9.17) is 0 Å². The Kier molecular flexibility index (Phi) is 2.69. The molecule has 0 aromatic carbocycles. The standard InChI is InChI=1S/C5H7N3O3S/c1-11-8-12(9,10)5-6-3-2-4-7-5/h2-4,8H,1H3. The number of hydrogen-bond acceptors (Lipinski definition) is 5. The third-order valence-corrected chi connectivity index (χ3v) is 2.05. The molecule has 0 fully saturated rings. The van der Waals surface area contributed by atoms with E-state index in [9.17, 15) is 8.42 Å². The van der Waals surface area contributed by atoms with Gasteiger partial charge in [-0.15, -0.1) is 0 Å². The molecule has 12 heavy (non-hydrogen) atoms. The van der Waals surface area contributed by atoms with Gasteiger partial charge in [-0.05, 0) is 6.07 Å². The van der Waals surface area contributed by atoms with Crippen LogP contribution in [-0.4, -0.2) is 25.5 Å². The summed E-state index contributed by atoms with van der Waals surface area (Å²) >= 11 is 0. The molecule has 7 heteroatoms. The van der Waals surface area contributed by atoms with E-state index < -0.39 is 10.0 Å². The molecule has 0 bridgehead atoms. The molecule has 0 saturated carbocycles. The highest BCUT2D eigenvalue weighted by molar-refractivity contribution is 7.89. The summed E-state index contributed by atoms with van der Waals surface area (Å²) in [6.07, 6.45) is 2.66. The molecule has 0 atom stereocenters. The van der Waals surface area contributed by atoms with E-state index in [0.717, 1.165) is 0 Å². The highest BCUT2D eigenvalue weighted by atomic mass is 32.2. The van der Waals surface area contributed by atoms with Crippen molar-refractivity contribution in [1.29, 1.82) is 0 Å². The molecule has 0 aliphatic heterocycles. The lowest BCUT2D eigenvalue weighted by Gasteiger charge is -2.00. The van der Waals surface area contributed by atoms with Crippen LogP contribution in [0, 0.1) is 0 Å². The molecular weight excluding hydrogens is 182 g/mol. The molecular formula is C5H7N3O3S. The summed E-state index contributed by atoms with van der Waals surface area (Å²) in [5, 5.41) is -0.313. The van der Waals surface area contributed by atoms with E-state index in [0.29, 0.717) is 0 Å². The van der Waals surface area contributed by atoms with Crippen LogP contribution in [0.2, 0.25) is 0 Å². The van der Waals surface area contributed by atoms with Crippen molar-refractivity contribution in [3.8, 4) is 0 Å². The Morgan fingerprint density at radius 3 is 2.50 bits per heavy atom. The number of rotatable bonds is 3. The molecule has 0 amide bonds. The lowest BCUT2D eigenvalue weighted by molar-refractivity contribution is 0.152. The topological polar surface area (TPSA) is 81.2 Å². The molecule has 6 nitrogen and oxygen atoms in total. The number of sulfonamides is 1. The summed E-state index contributed by atoms with van der Waals surface area (Å²) in [5.74, 6) is 0. The lowest BCUT2D eigenvalue weighted by atomic mass is 10.7. The van der Waals surface area contributed by atoms with Crippen LogP contribution in [0.3, 0.4) is 0 Å².